The molecule has 2 heterocycles. The number of nitrogens with zero attached hydrogens (tertiary/aromatic N) is 4. The van der Waals surface area contributed by atoms with Gasteiger partial charge in [-0.05, 0) is 35.2 Å². The second kappa shape index (κ2) is 9.82. The maximum absolute atomic E-state index is 13.4. The van der Waals surface area contributed by atoms with Crippen LogP contribution in [0.2, 0.25) is 0 Å². The normalized spacial score (nSPS) is 11.5. The van der Waals surface area contributed by atoms with E-state index in [2.05, 4.69) is 20.0 Å². The van der Waals surface area contributed by atoms with Gasteiger partial charge in [-0.2, -0.15) is 9.78 Å². The predicted molar refractivity (Wildman–Crippen MR) is 118 cm³/mol. The van der Waals surface area contributed by atoms with E-state index >= 15 is 0 Å². The SMILES string of the molecule is COC(=O)c1ccc(COc2ccc3ccccc3c2/C=N\n2c(SC)nnc2C(F)F)o1. The van der Waals surface area contributed by atoms with Crippen molar-refractivity contribution in [2.75, 3.05) is 13.4 Å². The molecule has 4 aromatic rings. The third-order valence-corrected chi connectivity index (χ3v) is 5.28. The first-order chi connectivity index (χ1) is 16.0. The van der Waals surface area contributed by atoms with Crippen LogP contribution in [0.25, 0.3) is 10.8 Å². The number of methoxy groups -OCH3 is 1. The fourth-order valence-corrected chi connectivity index (χ4v) is 3.55. The van der Waals surface area contributed by atoms with Crippen LogP contribution < -0.4 is 4.74 Å². The van der Waals surface area contributed by atoms with Crippen LogP contribution in [0.4, 0.5) is 8.78 Å². The fraction of sp³-hybridized carbons (Fsp3) is 0.182. The summed E-state index contributed by atoms with van der Waals surface area (Å²) < 4.78 is 43.7. The summed E-state index contributed by atoms with van der Waals surface area (Å²) in [5.74, 6) is -0.216. The molecule has 2 aromatic heterocycles. The molecule has 0 atom stereocenters. The van der Waals surface area contributed by atoms with Gasteiger partial charge in [-0.15, -0.1) is 10.2 Å². The molecule has 0 N–H and O–H groups in total. The van der Waals surface area contributed by atoms with E-state index in [1.165, 1.54) is 19.4 Å². The monoisotopic (exact) mass is 472 g/mol. The molecule has 0 aliphatic rings. The highest BCUT2D eigenvalue weighted by Gasteiger charge is 2.20. The van der Waals surface area contributed by atoms with Crippen molar-refractivity contribution in [1.29, 1.82) is 0 Å². The Balaban J connectivity index is 1.69. The number of fused-ring (bicyclic) bond motifs is 1. The van der Waals surface area contributed by atoms with Crippen molar-refractivity contribution in [3.05, 3.63) is 71.4 Å². The first kappa shape index (κ1) is 22.5. The number of thioether (sulfide) groups is 1. The summed E-state index contributed by atoms with van der Waals surface area (Å²) in [6.45, 7) is 0.0289. The number of rotatable bonds is 8. The Kier molecular flexibility index (Phi) is 6.68. The molecule has 2 aromatic carbocycles. The number of aromatic nitrogens is 3. The Hall–Kier alpha value is -3.73. The summed E-state index contributed by atoms with van der Waals surface area (Å²) in [6.07, 6.45) is 0.306. The Morgan fingerprint density at radius 3 is 2.79 bits per heavy atom. The Morgan fingerprint density at radius 2 is 2.03 bits per heavy atom. The van der Waals surface area contributed by atoms with E-state index in [4.69, 9.17) is 9.15 Å². The lowest BCUT2D eigenvalue weighted by molar-refractivity contribution is 0.0561. The summed E-state index contributed by atoms with van der Waals surface area (Å²) in [4.78, 5) is 11.6. The molecule has 170 valence electrons. The largest absolute Gasteiger partial charge is 0.485 e. The second-order valence-corrected chi connectivity index (χ2v) is 7.42. The molecule has 0 bridgehead atoms. The number of carbonyl (C=O) groups is 1. The molecule has 0 aliphatic carbocycles. The third kappa shape index (κ3) is 4.72. The minimum Gasteiger partial charge on any atom is -0.485 e. The highest BCUT2D eigenvalue weighted by molar-refractivity contribution is 7.98. The van der Waals surface area contributed by atoms with Crippen molar-refractivity contribution < 1.29 is 27.5 Å². The predicted octanol–water partition coefficient (Wildman–Crippen LogP) is 4.93. The zero-order valence-electron chi connectivity index (χ0n) is 17.6. The molecule has 0 saturated carbocycles. The van der Waals surface area contributed by atoms with Gasteiger partial charge in [0.2, 0.25) is 16.7 Å². The van der Waals surface area contributed by atoms with Gasteiger partial charge in [0.05, 0.1) is 13.3 Å². The minimum atomic E-state index is -2.83. The molecular formula is C22H18F2N4O4S. The summed E-state index contributed by atoms with van der Waals surface area (Å²) in [5.41, 5.74) is 0.578. The third-order valence-electron chi connectivity index (χ3n) is 4.67. The zero-order chi connectivity index (χ0) is 23.4. The average molecular weight is 472 g/mol. The van der Waals surface area contributed by atoms with Crippen LogP contribution in [-0.4, -0.2) is 40.4 Å². The quantitative estimate of drug-likeness (QED) is 0.204. The van der Waals surface area contributed by atoms with Gasteiger partial charge in [0.15, 0.2) is 0 Å². The Morgan fingerprint density at radius 1 is 1.21 bits per heavy atom. The summed E-state index contributed by atoms with van der Waals surface area (Å²) in [7, 11) is 1.26. The molecular weight excluding hydrogens is 454 g/mol. The fourth-order valence-electron chi connectivity index (χ4n) is 3.11. The van der Waals surface area contributed by atoms with Crippen molar-refractivity contribution in [1.82, 2.24) is 14.9 Å². The average Bonchev–Trinajstić information content (AvgIpc) is 3.48. The number of ether oxygens (including phenoxy) is 2. The number of benzene rings is 2. The maximum Gasteiger partial charge on any atom is 0.373 e. The topological polar surface area (TPSA) is 91.7 Å². The van der Waals surface area contributed by atoms with E-state index in [1.54, 1.807) is 18.4 Å². The molecule has 8 nitrogen and oxygen atoms in total. The zero-order valence-corrected chi connectivity index (χ0v) is 18.4. The lowest BCUT2D eigenvalue weighted by atomic mass is 10.0. The van der Waals surface area contributed by atoms with Crippen molar-refractivity contribution >= 4 is 34.7 Å². The van der Waals surface area contributed by atoms with E-state index in [0.717, 1.165) is 27.2 Å². The highest BCUT2D eigenvalue weighted by atomic mass is 32.2. The second-order valence-electron chi connectivity index (χ2n) is 6.65. The molecule has 0 spiro atoms. The number of hydrogen-bond acceptors (Lipinski definition) is 8. The first-order valence-corrected chi connectivity index (χ1v) is 10.9. The summed E-state index contributed by atoms with van der Waals surface area (Å²) in [6, 6.07) is 14.3. The van der Waals surface area contributed by atoms with Crippen molar-refractivity contribution in [3.8, 4) is 5.75 Å². The molecule has 0 unspecified atom stereocenters. The van der Waals surface area contributed by atoms with E-state index in [1.807, 2.05) is 30.3 Å². The number of esters is 1. The molecule has 33 heavy (non-hydrogen) atoms. The number of hydrogen-bond donors (Lipinski definition) is 0. The molecule has 0 amide bonds. The molecule has 4 rings (SSSR count). The van der Waals surface area contributed by atoms with Gasteiger partial charge < -0.3 is 13.9 Å². The van der Waals surface area contributed by atoms with Crippen LogP contribution in [-0.2, 0) is 11.3 Å². The number of alkyl halides is 2. The molecule has 0 saturated heterocycles. The van der Waals surface area contributed by atoms with Crippen LogP contribution in [0.15, 0.2) is 63.2 Å². The number of carbonyl (C=O) groups excluding carboxylic acids is 1. The number of furan rings is 1. The molecule has 11 heteroatoms. The van der Waals surface area contributed by atoms with E-state index in [-0.39, 0.29) is 17.5 Å². The van der Waals surface area contributed by atoms with Gasteiger partial charge in [0.1, 0.15) is 18.1 Å². The van der Waals surface area contributed by atoms with Gasteiger partial charge in [-0.25, -0.2) is 13.6 Å². The van der Waals surface area contributed by atoms with Crippen molar-refractivity contribution in [2.45, 2.75) is 18.2 Å². The van der Waals surface area contributed by atoms with Crippen LogP contribution in [0.1, 0.15) is 34.1 Å². The highest BCUT2D eigenvalue weighted by Crippen LogP contribution is 2.28. The minimum absolute atomic E-state index is 0.0289. The van der Waals surface area contributed by atoms with Crippen molar-refractivity contribution in [3.63, 3.8) is 0 Å². The first-order valence-electron chi connectivity index (χ1n) is 9.65. The number of halogens is 2. The van der Waals surface area contributed by atoms with Gasteiger partial charge in [-0.3, -0.25) is 0 Å². The molecule has 0 aliphatic heterocycles. The lowest BCUT2D eigenvalue weighted by Gasteiger charge is -2.11. The smallest absolute Gasteiger partial charge is 0.373 e. The van der Waals surface area contributed by atoms with Crippen LogP contribution in [0, 0.1) is 0 Å². The van der Waals surface area contributed by atoms with Crippen molar-refractivity contribution in [2.24, 2.45) is 5.10 Å². The Labute approximate surface area is 191 Å². The lowest BCUT2D eigenvalue weighted by Crippen LogP contribution is -2.03. The summed E-state index contributed by atoms with van der Waals surface area (Å²) in [5, 5.41) is 13.5. The molecule has 0 fully saturated rings. The van der Waals surface area contributed by atoms with Crippen LogP contribution >= 0.6 is 11.8 Å². The summed E-state index contributed by atoms with van der Waals surface area (Å²) >= 11 is 1.15. The maximum atomic E-state index is 13.4. The van der Waals surface area contributed by atoms with E-state index < -0.39 is 18.2 Å². The van der Waals surface area contributed by atoms with E-state index in [9.17, 15) is 13.6 Å². The Bertz CT molecular complexity index is 1320. The molecule has 0 radical (unpaired) electrons. The van der Waals surface area contributed by atoms with Crippen LogP contribution in [0.5, 0.6) is 5.75 Å². The van der Waals surface area contributed by atoms with Gasteiger partial charge in [0, 0.05) is 5.56 Å². The van der Waals surface area contributed by atoms with E-state index in [0.29, 0.717) is 17.1 Å². The standard InChI is InChI=1S/C22H18F2N4O4S/c1-30-21(29)18-10-8-14(32-18)12-31-17-9-7-13-5-3-4-6-15(13)16(17)11-25-28-20(19(23)24)26-27-22(28)33-2/h3-11,19H,12H2,1-2H3/b25-11-. The van der Waals surface area contributed by atoms with Crippen LogP contribution in [0.3, 0.4) is 0 Å². The van der Waals surface area contributed by atoms with Gasteiger partial charge in [-0.1, -0.05) is 42.1 Å². The van der Waals surface area contributed by atoms with Gasteiger partial charge in [0.25, 0.3) is 6.43 Å². The van der Waals surface area contributed by atoms with Gasteiger partial charge >= 0.3 is 5.97 Å².